The first-order valence-electron chi connectivity index (χ1n) is 3.58. The van der Waals surface area contributed by atoms with Crippen LogP contribution in [0.2, 0.25) is 0 Å². The fraction of sp³-hybridized carbons (Fsp3) is 0.500. The Hall–Kier alpha value is -0.280. The average Bonchev–Trinajstić information content (AvgIpc) is 2.06. The Morgan fingerprint density at radius 1 is 1.67 bits per heavy atom. The molecule has 4 heteroatoms. The van der Waals surface area contributed by atoms with Crippen molar-refractivity contribution in [2.75, 3.05) is 7.11 Å². The highest BCUT2D eigenvalue weighted by Gasteiger charge is 2.00. The standard InChI is InChI=1S/C8H13ClO2S/c1-4-7(12-9)5-8(11-3)6(2)10/h5,10H,4H2,1-3H3/b7-5+,8-6-. The fourth-order valence-electron chi connectivity index (χ4n) is 0.636. The van der Waals surface area contributed by atoms with Gasteiger partial charge in [-0.2, -0.15) is 0 Å². The van der Waals surface area contributed by atoms with Gasteiger partial charge < -0.3 is 9.84 Å². The molecule has 0 aromatic heterocycles. The Bertz CT molecular complexity index is 189. The second-order valence-corrected chi connectivity index (χ2v) is 3.34. The summed E-state index contributed by atoms with van der Waals surface area (Å²) in [6.07, 6.45) is 2.56. The summed E-state index contributed by atoms with van der Waals surface area (Å²) < 4.78 is 4.93. The zero-order valence-electron chi connectivity index (χ0n) is 7.43. The van der Waals surface area contributed by atoms with Gasteiger partial charge in [-0.05, 0) is 41.1 Å². The van der Waals surface area contributed by atoms with E-state index in [1.807, 2.05) is 6.92 Å². The molecule has 0 radical (unpaired) electrons. The fourth-order valence-corrected chi connectivity index (χ4v) is 1.36. The number of aliphatic hydroxyl groups is 1. The van der Waals surface area contributed by atoms with Crippen LogP contribution in [-0.2, 0) is 4.74 Å². The maximum absolute atomic E-state index is 9.11. The largest absolute Gasteiger partial charge is 0.509 e. The molecule has 12 heavy (non-hydrogen) atoms. The Kier molecular flexibility index (Phi) is 6.11. The minimum Gasteiger partial charge on any atom is -0.509 e. The van der Waals surface area contributed by atoms with Crippen molar-refractivity contribution in [3.8, 4) is 0 Å². The third kappa shape index (κ3) is 3.93. The minimum atomic E-state index is 0.161. The van der Waals surface area contributed by atoms with Crippen molar-refractivity contribution in [3.05, 3.63) is 22.5 Å². The van der Waals surface area contributed by atoms with Crippen molar-refractivity contribution in [2.45, 2.75) is 20.3 Å². The molecule has 0 aliphatic heterocycles. The molecule has 0 fully saturated rings. The number of hydrogen-bond donors (Lipinski definition) is 1. The summed E-state index contributed by atoms with van der Waals surface area (Å²) in [5, 5.41) is 9.11. The predicted octanol–water partition coefficient (Wildman–Crippen LogP) is 3.60. The van der Waals surface area contributed by atoms with E-state index in [1.54, 1.807) is 13.0 Å². The predicted molar refractivity (Wildman–Crippen MR) is 54.2 cm³/mol. The monoisotopic (exact) mass is 208 g/mol. The van der Waals surface area contributed by atoms with Crippen LogP contribution in [0.5, 0.6) is 0 Å². The lowest BCUT2D eigenvalue weighted by molar-refractivity contribution is 0.269. The molecule has 0 saturated heterocycles. The number of rotatable bonds is 4. The van der Waals surface area contributed by atoms with Crippen molar-refractivity contribution in [2.24, 2.45) is 0 Å². The van der Waals surface area contributed by atoms with E-state index in [1.165, 1.54) is 7.11 Å². The van der Waals surface area contributed by atoms with E-state index in [-0.39, 0.29) is 5.76 Å². The first kappa shape index (κ1) is 11.7. The molecule has 0 rings (SSSR count). The smallest absolute Gasteiger partial charge is 0.156 e. The van der Waals surface area contributed by atoms with Gasteiger partial charge in [0.25, 0.3) is 0 Å². The molecule has 0 aromatic rings. The molecule has 0 unspecified atom stereocenters. The van der Waals surface area contributed by atoms with Gasteiger partial charge in [0.1, 0.15) is 5.76 Å². The van der Waals surface area contributed by atoms with E-state index in [9.17, 15) is 0 Å². The molecular formula is C8H13ClO2S. The lowest BCUT2D eigenvalue weighted by atomic mass is 10.3. The van der Waals surface area contributed by atoms with Gasteiger partial charge >= 0.3 is 0 Å². The van der Waals surface area contributed by atoms with E-state index in [2.05, 4.69) is 0 Å². The van der Waals surface area contributed by atoms with Gasteiger partial charge in [-0.1, -0.05) is 6.92 Å². The first-order valence-corrected chi connectivity index (χ1v) is 5.23. The average molecular weight is 209 g/mol. The summed E-state index contributed by atoms with van der Waals surface area (Å²) in [6.45, 7) is 3.56. The third-order valence-electron chi connectivity index (χ3n) is 1.32. The maximum Gasteiger partial charge on any atom is 0.156 e. The normalized spacial score (nSPS) is 14.2. The van der Waals surface area contributed by atoms with Crippen LogP contribution in [0.15, 0.2) is 22.5 Å². The molecule has 0 aliphatic carbocycles. The molecule has 0 atom stereocenters. The van der Waals surface area contributed by atoms with E-state index >= 15 is 0 Å². The number of halogens is 1. The van der Waals surface area contributed by atoms with Gasteiger partial charge in [0, 0.05) is 4.91 Å². The van der Waals surface area contributed by atoms with Gasteiger partial charge in [0.2, 0.25) is 0 Å². The van der Waals surface area contributed by atoms with Crippen molar-refractivity contribution in [3.63, 3.8) is 0 Å². The Morgan fingerprint density at radius 3 is 2.50 bits per heavy atom. The van der Waals surface area contributed by atoms with Gasteiger partial charge in [0.15, 0.2) is 5.76 Å². The molecule has 0 spiro atoms. The van der Waals surface area contributed by atoms with Crippen LogP contribution >= 0.6 is 21.7 Å². The van der Waals surface area contributed by atoms with Crippen LogP contribution in [0.1, 0.15) is 20.3 Å². The summed E-state index contributed by atoms with van der Waals surface area (Å²) in [6, 6.07) is 0. The van der Waals surface area contributed by atoms with Gasteiger partial charge in [0.05, 0.1) is 7.11 Å². The van der Waals surface area contributed by atoms with Gasteiger partial charge in [-0.3, -0.25) is 0 Å². The van der Waals surface area contributed by atoms with Crippen LogP contribution in [0.25, 0.3) is 0 Å². The molecule has 0 bridgehead atoms. The minimum absolute atomic E-state index is 0.161. The Balaban J connectivity index is 4.56. The van der Waals surface area contributed by atoms with E-state index in [0.29, 0.717) is 5.76 Å². The lowest BCUT2D eigenvalue weighted by Gasteiger charge is -2.03. The lowest BCUT2D eigenvalue weighted by Crippen LogP contribution is -1.88. The summed E-state index contributed by atoms with van der Waals surface area (Å²) in [5.41, 5.74) is 0. The van der Waals surface area contributed by atoms with Crippen molar-refractivity contribution >= 4 is 21.7 Å². The number of methoxy groups -OCH3 is 1. The third-order valence-corrected chi connectivity index (χ3v) is 2.52. The molecule has 0 heterocycles. The number of aliphatic hydroxyl groups excluding tert-OH is 1. The Morgan fingerprint density at radius 2 is 2.25 bits per heavy atom. The number of allylic oxidation sites excluding steroid dienone is 3. The van der Waals surface area contributed by atoms with Crippen LogP contribution in [0.4, 0.5) is 0 Å². The highest BCUT2D eigenvalue weighted by atomic mass is 35.7. The highest BCUT2D eigenvalue weighted by Crippen LogP contribution is 2.25. The van der Waals surface area contributed by atoms with E-state index < -0.39 is 0 Å². The second kappa shape index (κ2) is 6.26. The van der Waals surface area contributed by atoms with Crippen molar-refractivity contribution in [1.29, 1.82) is 0 Å². The van der Waals surface area contributed by atoms with Crippen molar-refractivity contribution < 1.29 is 9.84 Å². The van der Waals surface area contributed by atoms with Gasteiger partial charge in [-0.25, -0.2) is 0 Å². The number of hydrogen-bond acceptors (Lipinski definition) is 3. The maximum atomic E-state index is 9.11. The molecule has 70 valence electrons. The van der Waals surface area contributed by atoms with Crippen LogP contribution in [-0.4, -0.2) is 12.2 Å². The van der Waals surface area contributed by atoms with Crippen LogP contribution in [0.3, 0.4) is 0 Å². The quantitative estimate of drug-likeness (QED) is 0.566. The van der Waals surface area contributed by atoms with Crippen LogP contribution < -0.4 is 0 Å². The number of ether oxygens (including phenoxy) is 1. The van der Waals surface area contributed by atoms with E-state index in [0.717, 1.165) is 22.3 Å². The summed E-state index contributed by atoms with van der Waals surface area (Å²) in [4.78, 5) is 0.960. The molecular weight excluding hydrogens is 196 g/mol. The topological polar surface area (TPSA) is 29.5 Å². The first-order chi connectivity index (χ1) is 5.65. The SMILES string of the molecule is CC/C(=C\C(OC)=C(/C)O)SCl. The second-order valence-electron chi connectivity index (χ2n) is 2.20. The van der Waals surface area contributed by atoms with Crippen molar-refractivity contribution in [1.82, 2.24) is 0 Å². The molecule has 0 aliphatic rings. The molecule has 1 N–H and O–H groups in total. The van der Waals surface area contributed by atoms with Gasteiger partial charge in [-0.15, -0.1) is 0 Å². The highest BCUT2D eigenvalue weighted by molar-refractivity contribution is 8.24. The zero-order chi connectivity index (χ0) is 9.56. The summed E-state index contributed by atoms with van der Waals surface area (Å²) in [7, 11) is 8.21. The molecule has 0 aromatic carbocycles. The molecule has 2 nitrogen and oxygen atoms in total. The molecule has 0 saturated carbocycles. The summed E-state index contributed by atoms with van der Waals surface area (Å²) >= 11 is 0. The Labute approximate surface area is 81.8 Å². The zero-order valence-corrected chi connectivity index (χ0v) is 9.00. The molecule has 0 amide bonds. The van der Waals surface area contributed by atoms with Crippen LogP contribution in [0, 0.1) is 0 Å². The summed E-state index contributed by atoms with van der Waals surface area (Å²) in [5.74, 6) is 0.620. The van der Waals surface area contributed by atoms with E-state index in [4.69, 9.17) is 20.5 Å².